The molecule has 0 saturated heterocycles. The van der Waals surface area contributed by atoms with Crippen LogP contribution in [0.15, 0.2) is 40.8 Å². The van der Waals surface area contributed by atoms with Crippen LogP contribution >= 0.6 is 0 Å². The molecule has 1 aromatic carbocycles. The van der Waals surface area contributed by atoms with Gasteiger partial charge in [0.1, 0.15) is 17.6 Å². The van der Waals surface area contributed by atoms with Gasteiger partial charge in [-0.15, -0.1) is 0 Å². The van der Waals surface area contributed by atoms with E-state index in [0.717, 1.165) is 17.7 Å². The molecule has 24 heavy (non-hydrogen) atoms. The van der Waals surface area contributed by atoms with Gasteiger partial charge in [0.05, 0.1) is 25.7 Å². The van der Waals surface area contributed by atoms with Crippen molar-refractivity contribution in [3.63, 3.8) is 0 Å². The Kier molecular flexibility index (Phi) is 5.33. The fourth-order valence-electron chi connectivity index (χ4n) is 3.07. The molecular weight excluding hydrogens is 306 g/mol. The molecule has 2 aromatic rings. The van der Waals surface area contributed by atoms with Gasteiger partial charge in [-0.3, -0.25) is 4.79 Å². The zero-order valence-electron chi connectivity index (χ0n) is 14.1. The first-order chi connectivity index (χ1) is 11.7. The van der Waals surface area contributed by atoms with E-state index >= 15 is 0 Å². The van der Waals surface area contributed by atoms with E-state index < -0.39 is 0 Å². The SMILES string of the molecule is COC[C@@H](NC(=O)C[C@@H]1OCCc2ccccc21)c1ccc(C)o1. The van der Waals surface area contributed by atoms with Crippen LogP contribution in [-0.2, 0) is 20.7 Å². The van der Waals surface area contributed by atoms with E-state index in [4.69, 9.17) is 13.9 Å². The lowest BCUT2D eigenvalue weighted by Gasteiger charge is -2.26. The predicted molar refractivity (Wildman–Crippen MR) is 89.7 cm³/mol. The number of hydrogen-bond acceptors (Lipinski definition) is 4. The van der Waals surface area contributed by atoms with Crippen molar-refractivity contribution in [3.05, 3.63) is 59.0 Å². The summed E-state index contributed by atoms with van der Waals surface area (Å²) in [5, 5.41) is 2.99. The average Bonchev–Trinajstić information content (AvgIpc) is 3.01. The van der Waals surface area contributed by atoms with E-state index in [9.17, 15) is 4.79 Å². The van der Waals surface area contributed by atoms with Crippen LogP contribution in [0.3, 0.4) is 0 Å². The van der Waals surface area contributed by atoms with E-state index in [1.165, 1.54) is 5.56 Å². The highest BCUT2D eigenvalue weighted by atomic mass is 16.5. The number of benzene rings is 1. The van der Waals surface area contributed by atoms with Gasteiger partial charge < -0.3 is 19.2 Å². The maximum Gasteiger partial charge on any atom is 0.223 e. The smallest absolute Gasteiger partial charge is 0.223 e. The largest absolute Gasteiger partial charge is 0.464 e. The highest BCUT2D eigenvalue weighted by Gasteiger charge is 2.25. The molecule has 0 unspecified atom stereocenters. The van der Waals surface area contributed by atoms with Gasteiger partial charge in [-0.25, -0.2) is 0 Å². The summed E-state index contributed by atoms with van der Waals surface area (Å²) in [6.45, 7) is 2.89. The molecule has 1 amide bonds. The van der Waals surface area contributed by atoms with Crippen molar-refractivity contribution in [2.24, 2.45) is 0 Å². The van der Waals surface area contributed by atoms with Crippen molar-refractivity contribution in [2.75, 3.05) is 20.3 Å². The van der Waals surface area contributed by atoms with E-state index in [0.29, 0.717) is 19.0 Å². The lowest BCUT2D eigenvalue weighted by Crippen LogP contribution is -2.33. The Morgan fingerprint density at radius 2 is 2.17 bits per heavy atom. The summed E-state index contributed by atoms with van der Waals surface area (Å²) in [5.41, 5.74) is 2.37. The predicted octanol–water partition coefficient (Wildman–Crippen LogP) is 3.10. The summed E-state index contributed by atoms with van der Waals surface area (Å²) >= 11 is 0. The standard InChI is InChI=1S/C19H23NO4/c1-13-7-8-17(24-13)16(12-22-2)20-19(21)11-18-15-6-4-3-5-14(15)9-10-23-18/h3-8,16,18H,9-12H2,1-2H3,(H,20,21)/t16-,18+/m1/s1. The Bertz CT molecular complexity index is 694. The van der Waals surface area contributed by atoms with Crippen LogP contribution in [0.1, 0.15) is 41.2 Å². The number of furan rings is 1. The number of carbonyl (C=O) groups excluding carboxylic acids is 1. The fraction of sp³-hybridized carbons (Fsp3) is 0.421. The molecule has 0 aliphatic carbocycles. The van der Waals surface area contributed by atoms with Crippen LogP contribution in [0.25, 0.3) is 0 Å². The molecule has 1 aliphatic heterocycles. The van der Waals surface area contributed by atoms with Crippen LogP contribution in [-0.4, -0.2) is 26.2 Å². The Labute approximate surface area is 141 Å². The van der Waals surface area contributed by atoms with Gasteiger partial charge in [-0.05, 0) is 36.6 Å². The van der Waals surface area contributed by atoms with Crippen LogP contribution in [0, 0.1) is 6.92 Å². The highest BCUT2D eigenvalue weighted by molar-refractivity contribution is 5.77. The van der Waals surface area contributed by atoms with Gasteiger partial charge in [0.2, 0.25) is 5.91 Å². The second-order valence-corrected chi connectivity index (χ2v) is 6.04. The minimum Gasteiger partial charge on any atom is -0.464 e. The first-order valence-corrected chi connectivity index (χ1v) is 8.21. The van der Waals surface area contributed by atoms with Crippen molar-refractivity contribution < 1.29 is 18.7 Å². The van der Waals surface area contributed by atoms with E-state index in [1.54, 1.807) is 7.11 Å². The summed E-state index contributed by atoms with van der Waals surface area (Å²) in [6, 6.07) is 11.6. The second kappa shape index (κ2) is 7.64. The van der Waals surface area contributed by atoms with Gasteiger partial charge in [-0.2, -0.15) is 0 Å². The minimum absolute atomic E-state index is 0.0761. The number of ether oxygens (including phenoxy) is 2. The van der Waals surface area contributed by atoms with E-state index in [-0.39, 0.29) is 24.5 Å². The fourth-order valence-corrected chi connectivity index (χ4v) is 3.07. The number of fused-ring (bicyclic) bond motifs is 1. The molecule has 1 aliphatic rings. The van der Waals surface area contributed by atoms with E-state index in [1.807, 2.05) is 37.3 Å². The van der Waals surface area contributed by atoms with Crippen molar-refractivity contribution in [1.82, 2.24) is 5.32 Å². The number of amides is 1. The molecule has 3 rings (SSSR count). The molecule has 2 atom stereocenters. The molecule has 0 spiro atoms. The molecule has 1 aromatic heterocycles. The molecule has 1 N–H and O–H groups in total. The van der Waals surface area contributed by atoms with Crippen molar-refractivity contribution in [2.45, 2.75) is 31.9 Å². The first-order valence-electron chi connectivity index (χ1n) is 8.21. The normalized spacial score (nSPS) is 18.0. The molecule has 5 heteroatoms. The van der Waals surface area contributed by atoms with Crippen LogP contribution in [0.2, 0.25) is 0 Å². The maximum absolute atomic E-state index is 12.5. The number of rotatable bonds is 6. The topological polar surface area (TPSA) is 60.7 Å². The zero-order chi connectivity index (χ0) is 16.9. The van der Waals surface area contributed by atoms with Crippen molar-refractivity contribution in [1.29, 1.82) is 0 Å². The highest BCUT2D eigenvalue weighted by Crippen LogP contribution is 2.29. The Morgan fingerprint density at radius 3 is 2.92 bits per heavy atom. The molecule has 0 saturated carbocycles. The van der Waals surface area contributed by atoms with Crippen LogP contribution in [0.5, 0.6) is 0 Å². The zero-order valence-corrected chi connectivity index (χ0v) is 14.1. The third-order valence-electron chi connectivity index (χ3n) is 4.24. The third kappa shape index (κ3) is 3.86. The van der Waals surface area contributed by atoms with Crippen molar-refractivity contribution >= 4 is 5.91 Å². The Hall–Kier alpha value is -2.11. The van der Waals surface area contributed by atoms with E-state index in [2.05, 4.69) is 11.4 Å². The molecular formula is C19H23NO4. The minimum atomic E-state index is -0.296. The lowest BCUT2D eigenvalue weighted by molar-refractivity contribution is -0.125. The monoisotopic (exact) mass is 329 g/mol. The van der Waals surface area contributed by atoms with Gasteiger partial charge in [0.15, 0.2) is 0 Å². The van der Waals surface area contributed by atoms with Crippen LogP contribution < -0.4 is 5.32 Å². The van der Waals surface area contributed by atoms with Gasteiger partial charge in [0, 0.05) is 7.11 Å². The van der Waals surface area contributed by atoms with Gasteiger partial charge >= 0.3 is 0 Å². The molecule has 2 heterocycles. The lowest BCUT2D eigenvalue weighted by atomic mass is 9.95. The molecule has 128 valence electrons. The average molecular weight is 329 g/mol. The molecule has 0 radical (unpaired) electrons. The second-order valence-electron chi connectivity index (χ2n) is 6.04. The first kappa shape index (κ1) is 16.7. The summed E-state index contributed by atoms with van der Waals surface area (Å²) in [6.07, 6.45) is 0.986. The number of hydrogen-bond donors (Lipinski definition) is 1. The number of methoxy groups -OCH3 is 1. The Balaban J connectivity index is 1.66. The third-order valence-corrected chi connectivity index (χ3v) is 4.24. The quantitative estimate of drug-likeness (QED) is 0.885. The summed E-state index contributed by atoms with van der Waals surface area (Å²) in [5.74, 6) is 1.44. The molecule has 0 bridgehead atoms. The van der Waals surface area contributed by atoms with Gasteiger partial charge in [-0.1, -0.05) is 24.3 Å². The Morgan fingerprint density at radius 1 is 1.33 bits per heavy atom. The summed E-state index contributed by atoms with van der Waals surface area (Å²) < 4.78 is 16.6. The van der Waals surface area contributed by atoms with Gasteiger partial charge in [0.25, 0.3) is 0 Å². The molecule has 5 nitrogen and oxygen atoms in total. The van der Waals surface area contributed by atoms with Crippen molar-refractivity contribution in [3.8, 4) is 0 Å². The summed E-state index contributed by atoms with van der Waals surface area (Å²) in [4.78, 5) is 12.5. The number of nitrogens with one attached hydrogen (secondary N) is 1. The number of carbonyl (C=O) groups is 1. The van der Waals surface area contributed by atoms with Crippen LogP contribution in [0.4, 0.5) is 0 Å². The summed E-state index contributed by atoms with van der Waals surface area (Å²) in [7, 11) is 1.61. The number of aryl methyl sites for hydroxylation is 1. The molecule has 0 fully saturated rings. The maximum atomic E-state index is 12.5.